The summed E-state index contributed by atoms with van der Waals surface area (Å²) in [6.45, 7) is 4.22. The summed E-state index contributed by atoms with van der Waals surface area (Å²) in [6.07, 6.45) is 5.97. The van der Waals surface area contributed by atoms with Crippen LogP contribution >= 0.6 is 0 Å². The van der Waals surface area contributed by atoms with Crippen molar-refractivity contribution in [1.82, 2.24) is 0 Å². The Morgan fingerprint density at radius 2 is 2.13 bits per heavy atom. The average molecular weight is 371 g/mol. The van der Waals surface area contributed by atoms with E-state index in [1.54, 1.807) is 5.57 Å². The molecule has 2 heterocycles. The number of hydrogen-bond donors (Lipinski definition) is 0. The van der Waals surface area contributed by atoms with Gasteiger partial charge in [-0.2, -0.15) is 6.42 Å². The van der Waals surface area contributed by atoms with Gasteiger partial charge >= 0.3 is 0 Å². The Morgan fingerprint density at radius 3 is 2.93 bits per heavy atom. The monoisotopic (exact) mass is 371 g/mol. The summed E-state index contributed by atoms with van der Waals surface area (Å²) in [4.78, 5) is 9.32. The summed E-state index contributed by atoms with van der Waals surface area (Å²) in [5.74, 6) is 0.676. The summed E-state index contributed by atoms with van der Waals surface area (Å²) in [7, 11) is 0. The molecule has 0 aromatic heterocycles. The molecule has 0 radical (unpaired) electrons. The summed E-state index contributed by atoms with van der Waals surface area (Å²) in [6, 6.07) is 0.467. The van der Waals surface area contributed by atoms with Crippen molar-refractivity contribution < 1.29 is 21.1 Å². The van der Waals surface area contributed by atoms with E-state index < -0.39 is 0 Å². The predicted octanol–water partition coefficient (Wildman–Crippen LogP) is 2.56. The largest absolute Gasteiger partial charge is 0.316 e. The summed E-state index contributed by atoms with van der Waals surface area (Å²) in [5.41, 5.74) is 5.18. The van der Waals surface area contributed by atoms with Gasteiger partial charge in [0, 0.05) is 33.2 Å². The minimum absolute atomic E-state index is 0. The molecule has 2 aliphatic heterocycles. The smallest absolute Gasteiger partial charge is 0.0833 e. The Bertz CT molecular complexity index is 379. The van der Waals surface area contributed by atoms with Gasteiger partial charge in [0.15, 0.2) is 0 Å². The Kier molecular flexibility index (Phi) is 2.98. The van der Waals surface area contributed by atoms with E-state index in [9.17, 15) is 0 Å². The Morgan fingerprint density at radius 1 is 1.33 bits per heavy atom. The van der Waals surface area contributed by atoms with Crippen molar-refractivity contribution in [2.24, 2.45) is 15.9 Å². The number of hydrogen-bond acceptors (Lipinski definition) is 2. The van der Waals surface area contributed by atoms with Crippen LogP contribution in [0.1, 0.15) is 33.1 Å². The standard InChI is InChI=1S/C12H15N2.W/c1-7-6-10-9-4-3-5-11(9)14-8(2)12(10)13-7;/h5,9,11H,3-4,6H2,1-2H3;/q-1;. The van der Waals surface area contributed by atoms with Crippen molar-refractivity contribution in [2.45, 2.75) is 39.2 Å². The van der Waals surface area contributed by atoms with Gasteiger partial charge in [-0.05, 0) is 25.3 Å². The molecule has 1 fully saturated rings. The van der Waals surface area contributed by atoms with E-state index in [1.165, 1.54) is 24.3 Å². The minimum atomic E-state index is 0. The van der Waals surface area contributed by atoms with Gasteiger partial charge in [0.25, 0.3) is 0 Å². The van der Waals surface area contributed by atoms with Crippen LogP contribution in [0.3, 0.4) is 0 Å². The molecule has 3 heteroatoms. The zero-order valence-electron chi connectivity index (χ0n) is 9.16. The molecule has 0 bridgehead atoms. The van der Waals surface area contributed by atoms with Crippen molar-refractivity contribution in [3.05, 3.63) is 17.7 Å². The number of nitrogens with zero attached hydrogens (tertiary/aromatic N) is 2. The van der Waals surface area contributed by atoms with Crippen LogP contribution in [0.2, 0.25) is 0 Å². The Hall–Kier alpha value is -0.232. The fraction of sp³-hybridized carbons (Fsp3) is 0.583. The molecule has 2 unspecified atom stereocenters. The second-order valence-corrected chi connectivity index (χ2v) is 4.52. The van der Waals surface area contributed by atoms with Crippen LogP contribution in [0.25, 0.3) is 0 Å². The molecule has 0 N–H and O–H groups in total. The number of rotatable bonds is 0. The molecule has 0 saturated heterocycles. The molecule has 0 amide bonds. The summed E-state index contributed by atoms with van der Waals surface area (Å²) in [5, 5.41) is 0. The van der Waals surface area contributed by atoms with Gasteiger partial charge in [-0.1, -0.05) is 12.5 Å². The molecule has 2 nitrogen and oxygen atoms in total. The zero-order valence-corrected chi connectivity index (χ0v) is 12.1. The summed E-state index contributed by atoms with van der Waals surface area (Å²) >= 11 is 0. The van der Waals surface area contributed by atoms with Gasteiger partial charge in [0.05, 0.1) is 11.4 Å². The molecule has 0 spiro atoms. The molecule has 3 aliphatic rings. The fourth-order valence-corrected chi connectivity index (χ4v) is 2.87. The number of allylic oxidation sites excluding steroid dienone is 1. The maximum absolute atomic E-state index is 4.72. The quantitative estimate of drug-likeness (QED) is 0.585. The van der Waals surface area contributed by atoms with Gasteiger partial charge in [0.1, 0.15) is 0 Å². The number of dihydropyridines is 1. The van der Waals surface area contributed by atoms with Crippen LogP contribution in [-0.2, 0) is 21.1 Å². The molecule has 1 saturated carbocycles. The van der Waals surface area contributed by atoms with Gasteiger partial charge in [-0.25, -0.2) is 0 Å². The topological polar surface area (TPSA) is 24.7 Å². The Labute approximate surface area is 105 Å². The van der Waals surface area contributed by atoms with Crippen LogP contribution in [0.15, 0.2) is 21.3 Å². The van der Waals surface area contributed by atoms with E-state index in [2.05, 4.69) is 25.3 Å². The second kappa shape index (κ2) is 3.97. The molecule has 0 aromatic carbocycles. The third-order valence-corrected chi connectivity index (χ3v) is 3.48. The van der Waals surface area contributed by atoms with Crippen LogP contribution in [0.4, 0.5) is 0 Å². The zero-order chi connectivity index (χ0) is 9.71. The fourth-order valence-electron chi connectivity index (χ4n) is 2.87. The van der Waals surface area contributed by atoms with Crippen molar-refractivity contribution in [3.63, 3.8) is 0 Å². The van der Waals surface area contributed by atoms with Crippen molar-refractivity contribution in [1.29, 1.82) is 0 Å². The molecule has 3 rings (SSSR count). The summed E-state index contributed by atoms with van der Waals surface area (Å²) < 4.78 is 0. The van der Waals surface area contributed by atoms with Crippen LogP contribution in [0.5, 0.6) is 0 Å². The number of aliphatic imine (C=N–C) groups is 2. The minimum Gasteiger partial charge on any atom is -0.316 e. The average Bonchev–Trinajstić information content (AvgIpc) is 2.69. The molecular formula is C12H15N2W-. The van der Waals surface area contributed by atoms with E-state index in [0.717, 1.165) is 12.1 Å². The van der Waals surface area contributed by atoms with Gasteiger partial charge in [-0.3, -0.25) is 4.99 Å². The maximum Gasteiger partial charge on any atom is 0.0833 e. The first-order valence-electron chi connectivity index (χ1n) is 5.41. The molecule has 15 heavy (non-hydrogen) atoms. The first-order chi connectivity index (χ1) is 6.75. The van der Waals surface area contributed by atoms with E-state index in [0.29, 0.717) is 12.0 Å². The maximum atomic E-state index is 4.72. The Balaban J connectivity index is 0.000000853. The first-order valence-corrected chi connectivity index (χ1v) is 5.41. The number of fused-ring (bicyclic) bond motifs is 2. The van der Waals surface area contributed by atoms with E-state index in [4.69, 9.17) is 4.99 Å². The van der Waals surface area contributed by atoms with E-state index >= 15 is 0 Å². The SMILES string of the molecule is CC1=NC2=C(C1)C1CC[CH-]C1N=C2C.[W]. The third kappa shape index (κ3) is 1.67. The van der Waals surface area contributed by atoms with Crippen LogP contribution < -0.4 is 0 Å². The van der Waals surface area contributed by atoms with E-state index in [1.807, 2.05) is 0 Å². The second-order valence-electron chi connectivity index (χ2n) is 4.52. The van der Waals surface area contributed by atoms with E-state index in [-0.39, 0.29) is 21.1 Å². The third-order valence-electron chi connectivity index (χ3n) is 3.48. The predicted molar refractivity (Wildman–Crippen MR) is 58.7 cm³/mol. The normalized spacial score (nSPS) is 32.9. The molecule has 2 atom stereocenters. The molecular weight excluding hydrogens is 356 g/mol. The van der Waals surface area contributed by atoms with Crippen molar-refractivity contribution in [3.8, 4) is 0 Å². The van der Waals surface area contributed by atoms with Crippen LogP contribution in [-0.4, -0.2) is 17.5 Å². The van der Waals surface area contributed by atoms with Crippen molar-refractivity contribution in [2.75, 3.05) is 0 Å². The van der Waals surface area contributed by atoms with Gasteiger partial charge in [0.2, 0.25) is 0 Å². The molecule has 1 aliphatic carbocycles. The first kappa shape index (κ1) is 11.3. The molecule has 0 aromatic rings. The van der Waals surface area contributed by atoms with Gasteiger partial charge in [-0.15, -0.1) is 0 Å². The van der Waals surface area contributed by atoms with Crippen LogP contribution in [0, 0.1) is 12.3 Å². The molecule has 80 valence electrons. The van der Waals surface area contributed by atoms with Gasteiger partial charge < -0.3 is 11.4 Å². The van der Waals surface area contributed by atoms with Crippen molar-refractivity contribution >= 4 is 11.4 Å².